The first-order valence-corrected chi connectivity index (χ1v) is 10.0. The van der Waals surface area contributed by atoms with Crippen molar-refractivity contribution in [3.05, 3.63) is 60.2 Å². The number of amides is 1. The number of tetrazole rings is 1. The van der Waals surface area contributed by atoms with Crippen LogP contribution in [0.15, 0.2) is 59.8 Å². The number of hydrogen-bond acceptors (Lipinski definition) is 6. The predicted octanol–water partition coefficient (Wildman–Crippen LogP) is 2.90. The Labute approximate surface area is 168 Å². The fraction of sp³-hybridized carbons (Fsp3) is 0.300. The molecule has 0 fully saturated rings. The Morgan fingerprint density at radius 3 is 2.64 bits per heavy atom. The molecule has 0 saturated heterocycles. The third-order valence-corrected chi connectivity index (χ3v) is 5.13. The number of hydrogen-bond donors (Lipinski definition) is 1. The molecule has 0 unspecified atom stereocenters. The van der Waals surface area contributed by atoms with E-state index in [1.54, 1.807) is 11.8 Å². The monoisotopic (exact) mass is 397 g/mol. The molecule has 0 aliphatic heterocycles. The minimum absolute atomic E-state index is 0.0326. The number of nitrogens with one attached hydrogen (secondary N) is 1. The van der Waals surface area contributed by atoms with Gasteiger partial charge in [-0.3, -0.25) is 4.79 Å². The highest BCUT2D eigenvalue weighted by Crippen LogP contribution is 2.20. The normalized spacial score (nSPS) is 11.8. The summed E-state index contributed by atoms with van der Waals surface area (Å²) in [6.07, 6.45) is 1.83. The van der Waals surface area contributed by atoms with Crippen molar-refractivity contribution in [1.29, 1.82) is 0 Å². The topological polar surface area (TPSA) is 81.9 Å². The highest BCUT2D eigenvalue weighted by molar-refractivity contribution is 7.99. The third kappa shape index (κ3) is 5.56. The lowest BCUT2D eigenvalue weighted by atomic mass is 10.1. The highest BCUT2D eigenvalue weighted by Gasteiger charge is 2.13. The number of ether oxygens (including phenoxy) is 1. The Bertz CT molecular complexity index is 883. The molecule has 1 aromatic heterocycles. The molecule has 0 radical (unpaired) electrons. The van der Waals surface area contributed by atoms with Gasteiger partial charge < -0.3 is 10.1 Å². The minimum Gasteiger partial charge on any atom is -0.497 e. The molecule has 0 spiro atoms. The number of methoxy groups -OCH3 is 1. The average Bonchev–Trinajstić information content (AvgIpc) is 3.20. The van der Waals surface area contributed by atoms with Gasteiger partial charge in [0.25, 0.3) is 0 Å². The van der Waals surface area contributed by atoms with E-state index in [1.165, 1.54) is 17.3 Å². The maximum Gasteiger partial charge on any atom is 0.230 e. The van der Waals surface area contributed by atoms with E-state index in [0.29, 0.717) is 5.16 Å². The molecule has 1 atom stereocenters. The fourth-order valence-corrected chi connectivity index (χ4v) is 3.40. The second-order valence-electron chi connectivity index (χ2n) is 6.35. The Kier molecular flexibility index (Phi) is 7.02. The molecule has 1 heterocycles. The number of aryl methyl sites for hydroxylation is 1. The number of nitrogens with zero attached hydrogens (tertiary/aromatic N) is 4. The van der Waals surface area contributed by atoms with Crippen molar-refractivity contribution >= 4 is 17.7 Å². The van der Waals surface area contributed by atoms with Crippen LogP contribution in [-0.2, 0) is 11.2 Å². The standard InChI is InChI=1S/C20H23N5O2S/c1-15(8-9-16-6-4-3-5-7-16)21-19(26)14-28-20-22-23-24-25(20)17-10-12-18(27-2)13-11-17/h3-7,10-13,15H,8-9,14H2,1-2H3,(H,21,26)/t15-/m0/s1. The van der Waals surface area contributed by atoms with E-state index in [1.807, 2.05) is 49.4 Å². The molecule has 28 heavy (non-hydrogen) atoms. The van der Waals surface area contributed by atoms with Gasteiger partial charge >= 0.3 is 0 Å². The van der Waals surface area contributed by atoms with Crippen LogP contribution < -0.4 is 10.1 Å². The van der Waals surface area contributed by atoms with Gasteiger partial charge in [0, 0.05) is 6.04 Å². The van der Waals surface area contributed by atoms with Crippen molar-refractivity contribution in [2.75, 3.05) is 12.9 Å². The van der Waals surface area contributed by atoms with Crippen LogP contribution >= 0.6 is 11.8 Å². The summed E-state index contributed by atoms with van der Waals surface area (Å²) < 4.78 is 6.77. The lowest BCUT2D eigenvalue weighted by molar-refractivity contribution is -0.119. The summed E-state index contributed by atoms with van der Waals surface area (Å²) in [5.41, 5.74) is 2.08. The van der Waals surface area contributed by atoms with Crippen LogP contribution in [0.5, 0.6) is 5.75 Å². The molecule has 3 aromatic rings. The second-order valence-corrected chi connectivity index (χ2v) is 7.30. The number of carbonyl (C=O) groups excluding carboxylic acids is 1. The minimum atomic E-state index is -0.0326. The molecule has 2 aromatic carbocycles. The smallest absolute Gasteiger partial charge is 0.230 e. The van der Waals surface area contributed by atoms with Crippen LogP contribution in [-0.4, -0.2) is 45.0 Å². The molecule has 0 aliphatic carbocycles. The molecule has 1 amide bonds. The van der Waals surface area contributed by atoms with Crippen molar-refractivity contribution < 1.29 is 9.53 Å². The van der Waals surface area contributed by atoms with Gasteiger partial charge in [-0.05, 0) is 60.0 Å². The van der Waals surface area contributed by atoms with Crippen molar-refractivity contribution in [3.63, 3.8) is 0 Å². The van der Waals surface area contributed by atoms with Gasteiger partial charge in [0.05, 0.1) is 18.6 Å². The summed E-state index contributed by atoms with van der Waals surface area (Å²) in [6, 6.07) is 17.8. The highest BCUT2D eigenvalue weighted by atomic mass is 32.2. The van der Waals surface area contributed by atoms with Crippen LogP contribution in [0.4, 0.5) is 0 Å². The Hall–Kier alpha value is -2.87. The molecule has 3 rings (SSSR count). The molecule has 0 saturated carbocycles. The zero-order valence-electron chi connectivity index (χ0n) is 15.9. The summed E-state index contributed by atoms with van der Waals surface area (Å²) in [7, 11) is 1.62. The van der Waals surface area contributed by atoms with Crippen LogP contribution in [0.3, 0.4) is 0 Å². The molecule has 0 aliphatic rings. The predicted molar refractivity (Wildman–Crippen MR) is 109 cm³/mol. The van der Waals surface area contributed by atoms with Crippen LogP contribution in [0.1, 0.15) is 18.9 Å². The number of carbonyl (C=O) groups is 1. The zero-order chi connectivity index (χ0) is 19.8. The van der Waals surface area contributed by atoms with Gasteiger partial charge in [-0.25, -0.2) is 0 Å². The number of aromatic nitrogens is 4. The summed E-state index contributed by atoms with van der Waals surface area (Å²) >= 11 is 1.31. The molecule has 7 nitrogen and oxygen atoms in total. The van der Waals surface area contributed by atoms with Crippen LogP contribution in [0.2, 0.25) is 0 Å². The van der Waals surface area contributed by atoms with Gasteiger partial charge in [-0.15, -0.1) is 5.10 Å². The van der Waals surface area contributed by atoms with Gasteiger partial charge in [-0.2, -0.15) is 4.68 Å². The van der Waals surface area contributed by atoms with E-state index in [4.69, 9.17) is 4.74 Å². The van der Waals surface area contributed by atoms with Crippen LogP contribution in [0.25, 0.3) is 5.69 Å². The lowest BCUT2D eigenvalue weighted by Gasteiger charge is -2.13. The Balaban J connectivity index is 1.49. The molecule has 146 valence electrons. The van der Waals surface area contributed by atoms with Crippen molar-refractivity contribution in [1.82, 2.24) is 25.5 Å². The summed E-state index contributed by atoms with van der Waals surface area (Å²) in [5, 5.41) is 15.3. The molecular formula is C20H23N5O2S. The quantitative estimate of drug-likeness (QED) is 0.559. The first-order chi connectivity index (χ1) is 13.7. The first-order valence-electron chi connectivity index (χ1n) is 9.04. The fourth-order valence-electron chi connectivity index (χ4n) is 2.70. The Morgan fingerprint density at radius 1 is 1.18 bits per heavy atom. The van der Waals surface area contributed by atoms with Crippen molar-refractivity contribution in [2.45, 2.75) is 31.0 Å². The number of benzene rings is 2. The van der Waals surface area contributed by atoms with E-state index in [0.717, 1.165) is 24.3 Å². The molecule has 8 heteroatoms. The number of rotatable bonds is 9. The summed E-state index contributed by atoms with van der Waals surface area (Å²) in [4.78, 5) is 12.3. The van der Waals surface area contributed by atoms with Crippen LogP contribution in [0, 0.1) is 0 Å². The van der Waals surface area contributed by atoms with Crippen molar-refractivity contribution in [3.8, 4) is 11.4 Å². The maximum atomic E-state index is 12.3. The molecule has 0 bridgehead atoms. The second kappa shape index (κ2) is 9.89. The van der Waals surface area contributed by atoms with E-state index < -0.39 is 0 Å². The van der Waals surface area contributed by atoms with Gasteiger partial charge in [0.15, 0.2) is 0 Å². The van der Waals surface area contributed by atoms with Crippen molar-refractivity contribution in [2.24, 2.45) is 0 Å². The third-order valence-electron chi connectivity index (χ3n) is 4.21. The van der Waals surface area contributed by atoms with E-state index in [9.17, 15) is 4.79 Å². The van der Waals surface area contributed by atoms with Gasteiger partial charge in [0.1, 0.15) is 5.75 Å². The summed E-state index contributed by atoms with van der Waals surface area (Å²) in [6.45, 7) is 2.02. The molecule has 1 N–H and O–H groups in total. The first kappa shape index (κ1) is 19.9. The largest absolute Gasteiger partial charge is 0.497 e. The molecular weight excluding hydrogens is 374 g/mol. The van der Waals surface area contributed by atoms with E-state index in [2.05, 4.69) is 33.0 Å². The van der Waals surface area contributed by atoms with Gasteiger partial charge in [0.2, 0.25) is 11.1 Å². The average molecular weight is 398 g/mol. The Morgan fingerprint density at radius 2 is 1.93 bits per heavy atom. The summed E-state index contributed by atoms with van der Waals surface area (Å²) in [5.74, 6) is 0.983. The zero-order valence-corrected chi connectivity index (χ0v) is 16.7. The maximum absolute atomic E-state index is 12.3. The number of thioether (sulfide) groups is 1. The van der Waals surface area contributed by atoms with E-state index >= 15 is 0 Å². The SMILES string of the molecule is COc1ccc(-n2nnnc2SCC(=O)N[C@@H](C)CCc2ccccc2)cc1. The van der Waals surface area contributed by atoms with Gasteiger partial charge in [-0.1, -0.05) is 42.1 Å². The van der Waals surface area contributed by atoms with E-state index in [-0.39, 0.29) is 17.7 Å². The lowest BCUT2D eigenvalue weighted by Crippen LogP contribution is -2.34.